The fraction of sp³-hybridized carbons (Fsp3) is 0.419. The Morgan fingerprint density at radius 1 is 0.646 bits per heavy atom. The number of carbonyl (C=O) groups excluding carboxylic acids is 1. The van der Waals surface area contributed by atoms with Gasteiger partial charge in [-0.1, -0.05) is 120 Å². The molecule has 1 spiro atoms. The van der Waals surface area contributed by atoms with E-state index >= 15 is 0 Å². The summed E-state index contributed by atoms with van der Waals surface area (Å²) in [6, 6.07) is 28.6. The maximum absolute atomic E-state index is 13.4. The van der Waals surface area contributed by atoms with Crippen LogP contribution in [0.15, 0.2) is 84.9 Å². The molecule has 0 radical (unpaired) electrons. The maximum Gasteiger partial charge on any atom is 0.340 e. The molecule has 0 aliphatic carbocycles. The van der Waals surface area contributed by atoms with Gasteiger partial charge in [-0.05, 0) is 60.9 Å². The minimum absolute atomic E-state index is 0.310. The average Bonchev–Trinajstić information content (AvgIpc) is 3.40. The van der Waals surface area contributed by atoms with Crippen LogP contribution in [0.4, 0.5) is 17.1 Å². The molecule has 0 saturated carbocycles. The van der Waals surface area contributed by atoms with Gasteiger partial charge in [-0.15, -0.1) is 0 Å². The minimum Gasteiger partial charge on any atom is -0.456 e. The molecule has 2 aliphatic heterocycles. The predicted octanol–water partition coefficient (Wildman–Crippen LogP) is 11.7. The molecule has 0 aromatic heterocycles. The normalized spacial score (nSPS) is 15.8. The quantitative estimate of drug-likeness (QED) is 0.0915. The Morgan fingerprint density at radius 2 is 1.27 bits per heavy atom. The van der Waals surface area contributed by atoms with Gasteiger partial charge >= 0.3 is 5.97 Å². The van der Waals surface area contributed by atoms with E-state index in [9.17, 15) is 4.79 Å². The Balaban J connectivity index is 1.23. The highest BCUT2D eigenvalue weighted by molar-refractivity contribution is 5.97. The van der Waals surface area contributed by atoms with Crippen LogP contribution in [0.1, 0.15) is 123 Å². The van der Waals surface area contributed by atoms with E-state index < -0.39 is 5.60 Å². The second kappa shape index (κ2) is 15.8. The van der Waals surface area contributed by atoms with Crippen molar-refractivity contribution < 1.29 is 14.3 Å². The number of carbonyl (C=O) groups is 1. The first-order valence-corrected chi connectivity index (χ1v) is 18.3. The molecule has 0 bridgehead atoms. The summed E-state index contributed by atoms with van der Waals surface area (Å²) in [4.78, 5) is 15.5. The van der Waals surface area contributed by atoms with Crippen LogP contribution in [0.5, 0.6) is 11.5 Å². The van der Waals surface area contributed by atoms with Crippen LogP contribution in [0.25, 0.3) is 0 Å². The summed E-state index contributed by atoms with van der Waals surface area (Å²) in [5.74, 6) is 1.15. The largest absolute Gasteiger partial charge is 0.456 e. The van der Waals surface area contributed by atoms with Gasteiger partial charge in [-0.25, -0.2) is 4.79 Å². The molecule has 0 amide bonds. The standard InChI is InChI=1S/C43H52N2O3/c1-4-5-6-7-8-9-10-11-12-13-14-15-17-22-32-29-40-38(31-39(32)44-33-23-18-16-19-24-33)43(36-26-21-20-25-35(36)42(46)48-43)37-28-27-34(45(2)3)30-41(37)47-40/h16,18-21,23-31,44H,4-15,17,22H2,1-3H3. The number of para-hydroxylation sites is 1. The lowest BCUT2D eigenvalue weighted by Crippen LogP contribution is -2.33. The lowest BCUT2D eigenvalue weighted by atomic mass is 9.77. The topological polar surface area (TPSA) is 50.8 Å². The van der Waals surface area contributed by atoms with E-state index in [1.807, 2.05) is 56.6 Å². The van der Waals surface area contributed by atoms with Crippen LogP contribution in [-0.2, 0) is 16.8 Å². The van der Waals surface area contributed by atoms with Gasteiger partial charge in [0.15, 0.2) is 5.60 Å². The summed E-state index contributed by atoms with van der Waals surface area (Å²) in [6.07, 6.45) is 18.3. The lowest BCUT2D eigenvalue weighted by molar-refractivity contribution is 0.0224. The fourth-order valence-electron chi connectivity index (χ4n) is 7.36. The molecule has 1 atom stereocenters. The molecule has 4 aromatic rings. The maximum atomic E-state index is 13.4. The first-order chi connectivity index (χ1) is 23.5. The molecule has 1 N–H and O–H groups in total. The van der Waals surface area contributed by atoms with E-state index in [0.717, 1.165) is 52.3 Å². The van der Waals surface area contributed by atoms with Gasteiger partial charge in [0.2, 0.25) is 0 Å². The number of fused-ring (bicyclic) bond motifs is 6. The number of ether oxygens (including phenoxy) is 2. The molecule has 5 heteroatoms. The van der Waals surface area contributed by atoms with Crippen LogP contribution in [0, 0.1) is 0 Å². The van der Waals surface area contributed by atoms with E-state index in [0.29, 0.717) is 11.3 Å². The van der Waals surface area contributed by atoms with Crippen molar-refractivity contribution >= 4 is 23.0 Å². The van der Waals surface area contributed by atoms with Crippen LogP contribution >= 0.6 is 0 Å². The number of rotatable bonds is 17. The van der Waals surface area contributed by atoms with Crippen molar-refractivity contribution in [2.45, 2.75) is 102 Å². The van der Waals surface area contributed by atoms with Gasteiger partial charge in [0.1, 0.15) is 11.5 Å². The van der Waals surface area contributed by atoms with E-state index in [1.54, 1.807) is 0 Å². The third-order valence-electron chi connectivity index (χ3n) is 10.0. The van der Waals surface area contributed by atoms with Crippen molar-refractivity contribution in [1.29, 1.82) is 0 Å². The smallest absolute Gasteiger partial charge is 0.340 e. The molecule has 252 valence electrons. The van der Waals surface area contributed by atoms with Crippen molar-refractivity contribution in [3.8, 4) is 11.5 Å². The molecule has 2 heterocycles. The summed E-state index contributed by atoms with van der Waals surface area (Å²) >= 11 is 0. The molecule has 5 nitrogen and oxygen atoms in total. The van der Waals surface area contributed by atoms with Gasteiger partial charge < -0.3 is 19.7 Å². The van der Waals surface area contributed by atoms with E-state index in [-0.39, 0.29) is 5.97 Å². The second-order valence-electron chi connectivity index (χ2n) is 13.8. The summed E-state index contributed by atoms with van der Waals surface area (Å²) in [5.41, 5.74) is 6.33. The molecular formula is C43H52N2O3. The van der Waals surface area contributed by atoms with Gasteiger partial charge in [-0.2, -0.15) is 0 Å². The number of hydrogen-bond donors (Lipinski definition) is 1. The number of aryl methyl sites for hydroxylation is 1. The third-order valence-corrected chi connectivity index (χ3v) is 10.0. The number of anilines is 3. The van der Waals surface area contributed by atoms with Crippen molar-refractivity contribution in [2.24, 2.45) is 0 Å². The molecule has 2 aliphatic rings. The van der Waals surface area contributed by atoms with Crippen LogP contribution in [-0.4, -0.2) is 20.1 Å². The number of esters is 1. The Bertz CT molecular complexity index is 1680. The van der Waals surface area contributed by atoms with Crippen LogP contribution in [0.3, 0.4) is 0 Å². The van der Waals surface area contributed by atoms with E-state index in [4.69, 9.17) is 9.47 Å². The van der Waals surface area contributed by atoms with Crippen molar-refractivity contribution in [3.05, 3.63) is 113 Å². The third kappa shape index (κ3) is 7.26. The molecule has 6 rings (SSSR count). The number of hydrogen-bond acceptors (Lipinski definition) is 5. The van der Waals surface area contributed by atoms with E-state index in [1.165, 1.54) is 82.6 Å². The SMILES string of the molecule is CCCCCCCCCCCCCCCc1cc2c(cc1Nc1ccccc1)C1(OC(=O)c3ccccc31)c1ccc(N(C)C)cc1O2. The minimum atomic E-state index is -1.09. The number of benzene rings is 4. The first kappa shape index (κ1) is 33.6. The van der Waals surface area contributed by atoms with Crippen molar-refractivity contribution in [2.75, 3.05) is 24.3 Å². The van der Waals surface area contributed by atoms with E-state index in [2.05, 4.69) is 59.6 Å². The highest BCUT2D eigenvalue weighted by Gasteiger charge is 2.53. The van der Waals surface area contributed by atoms with Gasteiger partial charge in [-0.3, -0.25) is 0 Å². The summed E-state index contributed by atoms with van der Waals surface area (Å²) < 4.78 is 13.2. The monoisotopic (exact) mass is 644 g/mol. The molecule has 48 heavy (non-hydrogen) atoms. The highest BCUT2D eigenvalue weighted by atomic mass is 16.6. The summed E-state index contributed by atoms with van der Waals surface area (Å²) in [5, 5.41) is 3.71. The first-order valence-electron chi connectivity index (χ1n) is 18.3. The predicted molar refractivity (Wildman–Crippen MR) is 198 cm³/mol. The van der Waals surface area contributed by atoms with Gasteiger partial charge in [0.05, 0.1) is 5.56 Å². The zero-order valence-corrected chi connectivity index (χ0v) is 29.2. The average molecular weight is 645 g/mol. The number of unbranched alkanes of at least 4 members (excludes halogenated alkanes) is 12. The van der Waals surface area contributed by atoms with Crippen molar-refractivity contribution in [3.63, 3.8) is 0 Å². The Kier molecular flexibility index (Phi) is 11.1. The molecule has 0 fully saturated rings. The summed E-state index contributed by atoms with van der Waals surface area (Å²) in [7, 11) is 4.04. The lowest BCUT2D eigenvalue weighted by Gasteiger charge is -2.37. The highest BCUT2D eigenvalue weighted by Crippen LogP contribution is 2.57. The Labute approximate surface area is 287 Å². The van der Waals surface area contributed by atoms with Crippen molar-refractivity contribution in [1.82, 2.24) is 0 Å². The molecule has 4 aromatic carbocycles. The Morgan fingerprint density at radius 3 is 1.96 bits per heavy atom. The van der Waals surface area contributed by atoms with Crippen LogP contribution < -0.4 is 15.0 Å². The van der Waals surface area contributed by atoms with Crippen LogP contribution in [0.2, 0.25) is 0 Å². The molecule has 0 saturated heterocycles. The Hall–Kier alpha value is -4.25. The molecule has 1 unspecified atom stereocenters. The molecular weight excluding hydrogens is 592 g/mol. The zero-order valence-electron chi connectivity index (χ0n) is 29.2. The fourth-order valence-corrected chi connectivity index (χ4v) is 7.36. The van der Waals surface area contributed by atoms with Gasteiger partial charge in [0.25, 0.3) is 0 Å². The number of nitrogens with one attached hydrogen (secondary N) is 1. The number of nitrogens with zero attached hydrogens (tertiary/aromatic N) is 1. The van der Waals surface area contributed by atoms with Gasteiger partial charge in [0, 0.05) is 53.9 Å². The second-order valence-corrected chi connectivity index (χ2v) is 13.8. The zero-order chi connectivity index (χ0) is 33.3. The summed E-state index contributed by atoms with van der Waals surface area (Å²) in [6.45, 7) is 2.28.